The Bertz CT molecular complexity index is 350. The van der Waals surface area contributed by atoms with E-state index in [0.29, 0.717) is 12.3 Å². The minimum absolute atomic E-state index is 0.566. The van der Waals surface area contributed by atoms with Crippen molar-refractivity contribution in [2.24, 2.45) is 0 Å². The fourth-order valence-corrected chi connectivity index (χ4v) is 2.78. The van der Waals surface area contributed by atoms with Gasteiger partial charge in [0.2, 0.25) is 0 Å². The Morgan fingerprint density at radius 1 is 1.53 bits per heavy atom. The molecule has 0 saturated carbocycles. The van der Waals surface area contributed by atoms with Crippen LogP contribution in [0.3, 0.4) is 0 Å². The third-order valence-corrected chi connectivity index (χ3v) is 3.69. The summed E-state index contributed by atoms with van der Waals surface area (Å²) in [6.07, 6.45) is 3.53. The normalized spacial score (nSPS) is 17.5. The number of rotatable bonds is 3. The Hall–Kier alpha value is -0.920. The summed E-state index contributed by atoms with van der Waals surface area (Å²) >= 11 is 1.73. The zero-order chi connectivity index (χ0) is 10.5. The van der Waals surface area contributed by atoms with Crippen molar-refractivity contribution in [1.29, 1.82) is 5.26 Å². The molecule has 1 aromatic heterocycles. The molecular weight excluding hydrogens is 208 g/mol. The highest BCUT2D eigenvalue weighted by Gasteiger charge is 2.18. The van der Waals surface area contributed by atoms with E-state index in [9.17, 15) is 0 Å². The first kappa shape index (κ1) is 10.6. The number of aryl methyl sites for hydroxylation is 1. The molecule has 1 saturated heterocycles. The van der Waals surface area contributed by atoms with Crippen LogP contribution in [0.1, 0.15) is 35.9 Å². The van der Waals surface area contributed by atoms with Gasteiger partial charge in [-0.25, -0.2) is 4.98 Å². The van der Waals surface area contributed by atoms with Crippen molar-refractivity contribution in [3.63, 3.8) is 0 Å². The largest absolute Gasteiger partial charge is 0.381 e. The highest BCUT2D eigenvalue weighted by molar-refractivity contribution is 7.09. The maximum atomic E-state index is 8.49. The minimum Gasteiger partial charge on any atom is -0.381 e. The average molecular weight is 222 g/mol. The topological polar surface area (TPSA) is 45.9 Å². The summed E-state index contributed by atoms with van der Waals surface area (Å²) in [5, 5.41) is 11.8. The van der Waals surface area contributed by atoms with Gasteiger partial charge in [0.25, 0.3) is 0 Å². The molecule has 0 atom stereocenters. The number of hydrogen-bond donors (Lipinski definition) is 0. The van der Waals surface area contributed by atoms with Crippen LogP contribution in [-0.2, 0) is 11.2 Å². The third-order valence-electron chi connectivity index (χ3n) is 2.63. The second-order valence-electron chi connectivity index (χ2n) is 3.72. The first-order chi connectivity index (χ1) is 7.40. The van der Waals surface area contributed by atoms with Crippen molar-refractivity contribution in [3.05, 3.63) is 16.1 Å². The van der Waals surface area contributed by atoms with Gasteiger partial charge in [-0.1, -0.05) is 0 Å². The predicted molar refractivity (Wildman–Crippen MR) is 58.8 cm³/mol. The molecule has 0 spiro atoms. The zero-order valence-corrected chi connectivity index (χ0v) is 9.42. The molecule has 1 aliphatic heterocycles. The van der Waals surface area contributed by atoms with Crippen LogP contribution in [0.15, 0.2) is 5.38 Å². The molecular formula is C11H14N2OS. The Morgan fingerprint density at radius 2 is 2.33 bits per heavy atom. The van der Waals surface area contributed by atoms with Crippen LogP contribution in [0.2, 0.25) is 0 Å². The average Bonchev–Trinajstić information content (AvgIpc) is 2.76. The van der Waals surface area contributed by atoms with Gasteiger partial charge < -0.3 is 4.74 Å². The van der Waals surface area contributed by atoms with E-state index in [4.69, 9.17) is 10.00 Å². The fraction of sp³-hybridized carbons (Fsp3) is 0.636. The number of thiazole rings is 1. The molecule has 0 aliphatic carbocycles. The maximum absolute atomic E-state index is 8.49. The van der Waals surface area contributed by atoms with Crippen molar-refractivity contribution < 1.29 is 4.74 Å². The lowest BCUT2D eigenvalue weighted by Crippen LogP contribution is -2.13. The van der Waals surface area contributed by atoms with Crippen LogP contribution >= 0.6 is 11.3 Å². The van der Waals surface area contributed by atoms with Crippen molar-refractivity contribution in [3.8, 4) is 6.07 Å². The van der Waals surface area contributed by atoms with E-state index in [2.05, 4.69) is 16.4 Å². The molecule has 1 fully saturated rings. The van der Waals surface area contributed by atoms with Gasteiger partial charge in [0.15, 0.2) is 0 Å². The van der Waals surface area contributed by atoms with E-state index >= 15 is 0 Å². The summed E-state index contributed by atoms with van der Waals surface area (Å²) in [6.45, 7) is 1.72. The number of aromatic nitrogens is 1. The van der Waals surface area contributed by atoms with Crippen molar-refractivity contribution >= 4 is 11.3 Å². The quantitative estimate of drug-likeness (QED) is 0.789. The van der Waals surface area contributed by atoms with E-state index in [1.165, 1.54) is 5.01 Å². The second-order valence-corrected chi connectivity index (χ2v) is 4.61. The summed E-state index contributed by atoms with van der Waals surface area (Å²) < 4.78 is 5.33. The van der Waals surface area contributed by atoms with Crippen LogP contribution in [-0.4, -0.2) is 18.2 Å². The molecule has 1 aromatic rings. The molecule has 0 radical (unpaired) electrons. The Morgan fingerprint density at radius 3 is 3.07 bits per heavy atom. The van der Waals surface area contributed by atoms with E-state index < -0.39 is 0 Å². The summed E-state index contributed by atoms with van der Waals surface area (Å²) in [5.74, 6) is 0.583. The van der Waals surface area contributed by atoms with E-state index in [1.807, 2.05) is 0 Å². The lowest BCUT2D eigenvalue weighted by Gasteiger charge is -2.19. The lowest BCUT2D eigenvalue weighted by molar-refractivity contribution is 0.0852. The Kier molecular flexibility index (Phi) is 3.70. The summed E-state index contributed by atoms with van der Waals surface area (Å²) in [5.41, 5.74) is 1.07. The molecule has 0 unspecified atom stereocenters. The second kappa shape index (κ2) is 5.24. The molecule has 4 heteroatoms. The van der Waals surface area contributed by atoms with Crippen LogP contribution < -0.4 is 0 Å². The molecule has 0 aromatic carbocycles. The Balaban J connectivity index is 1.96. The van der Waals surface area contributed by atoms with Gasteiger partial charge in [-0.2, -0.15) is 5.26 Å². The molecule has 0 bridgehead atoms. The molecule has 15 heavy (non-hydrogen) atoms. The van der Waals surface area contributed by atoms with Gasteiger partial charge in [0, 0.05) is 37.4 Å². The first-order valence-electron chi connectivity index (χ1n) is 5.29. The highest BCUT2D eigenvalue weighted by Crippen LogP contribution is 2.29. The first-order valence-corrected chi connectivity index (χ1v) is 6.17. The van der Waals surface area contributed by atoms with Gasteiger partial charge in [-0.3, -0.25) is 0 Å². The lowest BCUT2D eigenvalue weighted by atomic mass is 10.0. The van der Waals surface area contributed by atoms with Crippen LogP contribution in [0, 0.1) is 11.3 Å². The molecule has 0 N–H and O–H groups in total. The number of nitrogens with zero attached hydrogens (tertiary/aromatic N) is 2. The summed E-state index contributed by atoms with van der Waals surface area (Å²) in [7, 11) is 0. The van der Waals surface area contributed by atoms with Gasteiger partial charge in [0.05, 0.1) is 16.8 Å². The highest BCUT2D eigenvalue weighted by atomic mass is 32.1. The minimum atomic E-state index is 0.566. The van der Waals surface area contributed by atoms with Crippen molar-refractivity contribution in [2.45, 2.75) is 31.6 Å². The molecule has 2 heterocycles. The monoisotopic (exact) mass is 222 g/mol. The summed E-state index contributed by atoms with van der Waals surface area (Å²) in [4.78, 5) is 4.58. The van der Waals surface area contributed by atoms with Gasteiger partial charge >= 0.3 is 0 Å². The number of hydrogen-bond acceptors (Lipinski definition) is 4. The van der Waals surface area contributed by atoms with E-state index in [-0.39, 0.29) is 0 Å². The van der Waals surface area contributed by atoms with E-state index in [1.54, 1.807) is 11.3 Å². The molecule has 80 valence electrons. The molecule has 3 nitrogen and oxygen atoms in total. The SMILES string of the molecule is N#CCCc1csc(C2CCOCC2)n1. The Labute approximate surface area is 93.7 Å². The standard InChI is InChI=1S/C11H14N2OS/c12-5-1-2-10-8-15-11(13-10)9-3-6-14-7-4-9/h8-9H,1-4,6-7H2. The number of nitriles is 1. The smallest absolute Gasteiger partial charge is 0.0960 e. The zero-order valence-electron chi connectivity index (χ0n) is 8.61. The van der Waals surface area contributed by atoms with Crippen molar-refractivity contribution in [1.82, 2.24) is 4.98 Å². The fourth-order valence-electron chi connectivity index (χ4n) is 1.75. The van der Waals surface area contributed by atoms with E-state index in [0.717, 1.165) is 38.2 Å². The van der Waals surface area contributed by atoms with Crippen LogP contribution in [0.25, 0.3) is 0 Å². The third kappa shape index (κ3) is 2.77. The molecule has 0 amide bonds. The maximum Gasteiger partial charge on any atom is 0.0960 e. The number of ether oxygens (including phenoxy) is 1. The predicted octanol–water partition coefficient (Wildman–Crippen LogP) is 2.49. The van der Waals surface area contributed by atoms with Crippen molar-refractivity contribution in [2.75, 3.05) is 13.2 Å². The van der Waals surface area contributed by atoms with Crippen LogP contribution in [0.5, 0.6) is 0 Å². The summed E-state index contributed by atoms with van der Waals surface area (Å²) in [6, 6.07) is 2.15. The van der Waals surface area contributed by atoms with Gasteiger partial charge in [-0.15, -0.1) is 11.3 Å². The molecule has 2 rings (SSSR count). The van der Waals surface area contributed by atoms with Gasteiger partial charge in [0.1, 0.15) is 0 Å². The van der Waals surface area contributed by atoms with Crippen LogP contribution in [0.4, 0.5) is 0 Å². The molecule has 1 aliphatic rings. The van der Waals surface area contributed by atoms with Gasteiger partial charge in [-0.05, 0) is 12.8 Å².